The molecule has 0 radical (unpaired) electrons. The largest absolute Gasteiger partial charge is 0.493 e. The summed E-state index contributed by atoms with van der Waals surface area (Å²) >= 11 is 0. The summed E-state index contributed by atoms with van der Waals surface area (Å²) in [5.41, 5.74) is 4.72. The van der Waals surface area contributed by atoms with Gasteiger partial charge in [-0.1, -0.05) is 29.8 Å². The van der Waals surface area contributed by atoms with Crippen LogP contribution < -0.4 is 25.2 Å². The predicted octanol–water partition coefficient (Wildman–Crippen LogP) is 2.99. The average Bonchev–Trinajstić information content (AvgIpc) is 2.81. The van der Waals surface area contributed by atoms with Crippen LogP contribution in [-0.2, 0) is 6.54 Å². The Morgan fingerprint density at radius 3 is 2.28 bits per heavy atom. The van der Waals surface area contributed by atoms with Gasteiger partial charge in [0.05, 0.1) is 34.1 Å². The summed E-state index contributed by atoms with van der Waals surface area (Å²) in [5.74, 6) is 0.773. The number of methoxy groups -OCH3 is 3. The molecule has 0 bridgehead atoms. The SMILES string of the molecule is COc1cc(/C=N\NC(=O)c2cccn(Cc3ccc(C)cc3)c2=O)cc(OC)c1OC. The highest BCUT2D eigenvalue weighted by molar-refractivity contribution is 5.94. The number of amides is 1. The fraction of sp³-hybridized carbons (Fsp3) is 0.208. The third kappa shape index (κ3) is 5.15. The molecular formula is C24H25N3O5. The quantitative estimate of drug-likeness (QED) is 0.434. The van der Waals surface area contributed by atoms with Crippen LogP contribution >= 0.6 is 0 Å². The summed E-state index contributed by atoms with van der Waals surface area (Å²) in [7, 11) is 4.54. The fourth-order valence-corrected chi connectivity index (χ4v) is 3.13. The first-order valence-corrected chi connectivity index (χ1v) is 9.85. The lowest BCUT2D eigenvalue weighted by Crippen LogP contribution is -2.30. The minimum atomic E-state index is -0.600. The van der Waals surface area contributed by atoms with Crippen LogP contribution in [0.5, 0.6) is 17.2 Å². The zero-order chi connectivity index (χ0) is 23.1. The number of aryl methyl sites for hydroxylation is 1. The number of carbonyl (C=O) groups excluding carboxylic acids is 1. The van der Waals surface area contributed by atoms with Crippen LogP contribution in [-0.4, -0.2) is 38.0 Å². The van der Waals surface area contributed by atoms with E-state index in [1.165, 1.54) is 38.2 Å². The molecule has 2 aromatic carbocycles. The van der Waals surface area contributed by atoms with Crippen molar-refractivity contribution in [3.63, 3.8) is 0 Å². The summed E-state index contributed by atoms with van der Waals surface area (Å²) in [6.45, 7) is 2.37. The maximum atomic E-state index is 12.8. The molecule has 166 valence electrons. The van der Waals surface area contributed by atoms with Gasteiger partial charge >= 0.3 is 0 Å². The Morgan fingerprint density at radius 1 is 1.03 bits per heavy atom. The van der Waals surface area contributed by atoms with Gasteiger partial charge in [0, 0.05) is 11.8 Å². The number of nitrogens with one attached hydrogen (secondary N) is 1. The van der Waals surface area contributed by atoms with Gasteiger partial charge in [0.2, 0.25) is 5.75 Å². The van der Waals surface area contributed by atoms with Crippen molar-refractivity contribution in [2.45, 2.75) is 13.5 Å². The maximum Gasteiger partial charge on any atom is 0.276 e. The number of hydrogen-bond acceptors (Lipinski definition) is 6. The van der Waals surface area contributed by atoms with E-state index in [9.17, 15) is 9.59 Å². The number of nitrogens with zero attached hydrogens (tertiary/aromatic N) is 2. The first kappa shape index (κ1) is 22.6. The number of carbonyl (C=O) groups is 1. The van der Waals surface area contributed by atoms with Gasteiger partial charge in [-0.15, -0.1) is 0 Å². The highest BCUT2D eigenvalue weighted by atomic mass is 16.5. The summed E-state index contributed by atoms with van der Waals surface area (Å²) in [6, 6.07) is 14.4. The van der Waals surface area contributed by atoms with E-state index in [0.29, 0.717) is 29.4 Å². The fourth-order valence-electron chi connectivity index (χ4n) is 3.13. The molecule has 0 saturated carbocycles. The summed E-state index contributed by atoms with van der Waals surface area (Å²) in [5, 5.41) is 3.96. The van der Waals surface area contributed by atoms with E-state index in [2.05, 4.69) is 10.5 Å². The van der Waals surface area contributed by atoms with E-state index >= 15 is 0 Å². The molecule has 32 heavy (non-hydrogen) atoms. The summed E-state index contributed by atoms with van der Waals surface area (Å²) < 4.78 is 17.4. The van der Waals surface area contributed by atoms with Crippen LogP contribution in [0.2, 0.25) is 0 Å². The Balaban J connectivity index is 1.76. The first-order valence-electron chi connectivity index (χ1n) is 9.85. The second-order valence-corrected chi connectivity index (χ2v) is 7.00. The van der Waals surface area contributed by atoms with E-state index in [1.807, 2.05) is 31.2 Å². The zero-order valence-electron chi connectivity index (χ0n) is 18.4. The predicted molar refractivity (Wildman–Crippen MR) is 122 cm³/mol. The van der Waals surface area contributed by atoms with Gasteiger partial charge < -0.3 is 18.8 Å². The van der Waals surface area contributed by atoms with E-state index in [0.717, 1.165) is 11.1 Å². The van der Waals surface area contributed by atoms with Crippen LogP contribution in [0.4, 0.5) is 0 Å². The van der Waals surface area contributed by atoms with E-state index in [-0.39, 0.29) is 5.56 Å². The molecule has 3 rings (SSSR count). The molecule has 0 aliphatic heterocycles. The Kier molecular flexibility index (Phi) is 7.28. The Hall–Kier alpha value is -4.07. The second-order valence-electron chi connectivity index (χ2n) is 7.00. The number of hydrazone groups is 1. The van der Waals surface area contributed by atoms with Gasteiger partial charge in [0.15, 0.2) is 11.5 Å². The number of pyridine rings is 1. The number of benzene rings is 2. The van der Waals surface area contributed by atoms with Crippen LogP contribution in [0.1, 0.15) is 27.0 Å². The normalized spacial score (nSPS) is 10.8. The minimum Gasteiger partial charge on any atom is -0.493 e. The molecule has 1 N–H and O–H groups in total. The molecule has 0 fully saturated rings. The molecular weight excluding hydrogens is 410 g/mol. The van der Waals surface area contributed by atoms with Crippen LogP contribution in [0.15, 0.2) is 64.6 Å². The van der Waals surface area contributed by atoms with E-state index in [4.69, 9.17) is 14.2 Å². The Labute approximate surface area is 186 Å². The first-order chi connectivity index (χ1) is 15.5. The third-order valence-electron chi connectivity index (χ3n) is 4.81. The molecule has 0 spiro atoms. The molecule has 0 unspecified atom stereocenters. The topological polar surface area (TPSA) is 91.2 Å². The number of aromatic nitrogens is 1. The molecule has 1 aromatic heterocycles. The van der Waals surface area contributed by atoms with Gasteiger partial charge in [-0.05, 0) is 36.8 Å². The smallest absolute Gasteiger partial charge is 0.276 e. The lowest BCUT2D eigenvalue weighted by atomic mass is 10.1. The number of rotatable bonds is 8. The van der Waals surface area contributed by atoms with Crippen molar-refractivity contribution in [2.75, 3.05) is 21.3 Å². The van der Waals surface area contributed by atoms with Crippen molar-refractivity contribution in [1.82, 2.24) is 9.99 Å². The monoisotopic (exact) mass is 435 g/mol. The molecule has 1 heterocycles. The number of ether oxygens (including phenoxy) is 3. The Morgan fingerprint density at radius 2 is 1.69 bits per heavy atom. The molecule has 8 heteroatoms. The molecule has 0 aliphatic carbocycles. The molecule has 8 nitrogen and oxygen atoms in total. The van der Waals surface area contributed by atoms with Gasteiger partial charge in [-0.25, -0.2) is 5.43 Å². The zero-order valence-corrected chi connectivity index (χ0v) is 18.4. The van der Waals surface area contributed by atoms with E-state index in [1.54, 1.807) is 24.4 Å². The van der Waals surface area contributed by atoms with Crippen molar-refractivity contribution in [2.24, 2.45) is 5.10 Å². The van der Waals surface area contributed by atoms with Gasteiger partial charge in [0.25, 0.3) is 11.5 Å². The highest BCUT2D eigenvalue weighted by Crippen LogP contribution is 2.37. The van der Waals surface area contributed by atoms with Crippen LogP contribution in [0.3, 0.4) is 0 Å². The van der Waals surface area contributed by atoms with Crippen molar-refractivity contribution < 1.29 is 19.0 Å². The maximum absolute atomic E-state index is 12.8. The number of hydrogen-bond donors (Lipinski definition) is 1. The molecule has 0 saturated heterocycles. The van der Waals surface area contributed by atoms with Gasteiger partial charge in [-0.2, -0.15) is 5.10 Å². The second kappa shape index (κ2) is 10.3. The lowest BCUT2D eigenvalue weighted by molar-refractivity contribution is 0.0953. The summed E-state index contributed by atoms with van der Waals surface area (Å²) in [4.78, 5) is 25.3. The van der Waals surface area contributed by atoms with Crippen molar-refractivity contribution in [3.05, 3.63) is 87.3 Å². The Bertz CT molecular complexity index is 1160. The standard InChI is InChI=1S/C24H25N3O5/c1-16-7-9-17(10-8-16)15-27-11-5-6-19(24(27)29)23(28)26-25-14-18-12-20(30-2)22(32-4)21(13-18)31-3/h5-14H,15H2,1-4H3,(H,26,28)/b25-14-. The third-order valence-corrected chi connectivity index (χ3v) is 4.81. The van der Waals surface area contributed by atoms with Crippen molar-refractivity contribution in [3.8, 4) is 17.2 Å². The highest BCUT2D eigenvalue weighted by Gasteiger charge is 2.14. The minimum absolute atomic E-state index is 0.00153. The molecule has 3 aromatic rings. The van der Waals surface area contributed by atoms with E-state index < -0.39 is 11.5 Å². The summed E-state index contributed by atoms with van der Waals surface area (Å²) in [6.07, 6.45) is 3.08. The van der Waals surface area contributed by atoms with Gasteiger partial charge in [0.1, 0.15) is 5.56 Å². The van der Waals surface area contributed by atoms with Crippen molar-refractivity contribution in [1.29, 1.82) is 0 Å². The lowest BCUT2D eigenvalue weighted by Gasteiger charge is -2.12. The molecule has 0 aliphatic rings. The van der Waals surface area contributed by atoms with Crippen molar-refractivity contribution >= 4 is 12.1 Å². The molecule has 1 amide bonds. The van der Waals surface area contributed by atoms with Crippen LogP contribution in [0.25, 0.3) is 0 Å². The van der Waals surface area contributed by atoms with Gasteiger partial charge in [-0.3, -0.25) is 9.59 Å². The average molecular weight is 435 g/mol. The molecule has 0 atom stereocenters. The van der Waals surface area contributed by atoms with Crippen LogP contribution in [0, 0.1) is 6.92 Å².